The highest BCUT2D eigenvalue weighted by Crippen LogP contribution is 2.20. The van der Waals surface area contributed by atoms with Crippen LogP contribution in [0.25, 0.3) is 0 Å². The van der Waals surface area contributed by atoms with Gasteiger partial charge >= 0.3 is 0 Å². The number of thioether (sulfide) groups is 2. The number of hydrogen-bond donors (Lipinski definition) is 0. The zero-order chi connectivity index (χ0) is 17.5. The minimum Gasteiger partial charge on any atom is -0.307 e. The summed E-state index contributed by atoms with van der Waals surface area (Å²) in [5.74, 6) is 3.39. The van der Waals surface area contributed by atoms with Crippen molar-refractivity contribution >= 4 is 29.3 Å². The Kier molecular flexibility index (Phi) is 7.29. The van der Waals surface area contributed by atoms with Crippen LogP contribution in [0.15, 0.2) is 10.3 Å². The van der Waals surface area contributed by atoms with Crippen LogP contribution in [0, 0.1) is 13.8 Å². The third kappa shape index (κ3) is 4.83. The average molecular weight is 369 g/mol. The lowest BCUT2D eigenvalue weighted by Crippen LogP contribution is -2.05. The first-order valence-electron chi connectivity index (χ1n) is 8.13. The molecule has 7 nitrogen and oxygen atoms in total. The second-order valence-corrected chi connectivity index (χ2v) is 7.33. The van der Waals surface area contributed by atoms with Gasteiger partial charge in [-0.3, -0.25) is 4.79 Å². The summed E-state index contributed by atoms with van der Waals surface area (Å²) < 4.78 is 4.11. The SMILES string of the molecule is CCn1c(C)nnc1SCCCC(=O)CSc1nnc(C)n1CC. The van der Waals surface area contributed by atoms with Gasteiger partial charge in [-0.2, -0.15) is 0 Å². The van der Waals surface area contributed by atoms with E-state index in [4.69, 9.17) is 0 Å². The molecular formula is C15H24N6OS2. The topological polar surface area (TPSA) is 78.5 Å². The molecule has 0 aromatic carbocycles. The second kappa shape index (κ2) is 9.22. The number of nitrogens with zero attached hydrogens (tertiary/aromatic N) is 6. The van der Waals surface area contributed by atoms with E-state index >= 15 is 0 Å². The van der Waals surface area contributed by atoms with Crippen molar-refractivity contribution in [1.29, 1.82) is 0 Å². The van der Waals surface area contributed by atoms with Crippen LogP contribution >= 0.6 is 23.5 Å². The number of rotatable bonds is 10. The lowest BCUT2D eigenvalue weighted by molar-refractivity contribution is -0.116. The van der Waals surface area contributed by atoms with E-state index < -0.39 is 0 Å². The average Bonchev–Trinajstić information content (AvgIpc) is 3.11. The molecule has 2 aromatic rings. The number of carbonyl (C=O) groups excluding carboxylic acids is 1. The summed E-state index contributed by atoms with van der Waals surface area (Å²) in [4.78, 5) is 12.0. The van der Waals surface area contributed by atoms with Crippen molar-refractivity contribution in [3.63, 3.8) is 0 Å². The van der Waals surface area contributed by atoms with Crippen LogP contribution in [0.3, 0.4) is 0 Å². The van der Waals surface area contributed by atoms with Crippen molar-refractivity contribution in [3.8, 4) is 0 Å². The van der Waals surface area contributed by atoms with Gasteiger partial charge in [0, 0.05) is 25.3 Å². The summed E-state index contributed by atoms with van der Waals surface area (Å²) in [5, 5.41) is 18.2. The fraction of sp³-hybridized carbons (Fsp3) is 0.667. The Morgan fingerprint density at radius 1 is 0.917 bits per heavy atom. The molecule has 0 saturated heterocycles. The van der Waals surface area contributed by atoms with E-state index in [-0.39, 0.29) is 5.78 Å². The van der Waals surface area contributed by atoms with Crippen LogP contribution in [0.5, 0.6) is 0 Å². The highest BCUT2D eigenvalue weighted by atomic mass is 32.2. The first kappa shape index (κ1) is 19.0. The van der Waals surface area contributed by atoms with E-state index in [1.807, 2.05) is 18.4 Å². The number of hydrogen-bond acceptors (Lipinski definition) is 7. The molecule has 0 radical (unpaired) electrons. The monoisotopic (exact) mass is 368 g/mol. The molecule has 0 saturated carbocycles. The Morgan fingerprint density at radius 2 is 1.46 bits per heavy atom. The van der Waals surface area contributed by atoms with Crippen LogP contribution in [0.1, 0.15) is 38.3 Å². The molecular weight excluding hydrogens is 344 g/mol. The van der Waals surface area contributed by atoms with E-state index in [0.29, 0.717) is 12.2 Å². The number of aromatic nitrogens is 6. The Morgan fingerprint density at radius 3 is 2.00 bits per heavy atom. The molecule has 0 amide bonds. The quantitative estimate of drug-likeness (QED) is 0.471. The normalized spacial score (nSPS) is 11.2. The smallest absolute Gasteiger partial charge is 0.191 e. The summed E-state index contributed by atoms with van der Waals surface area (Å²) in [7, 11) is 0. The summed E-state index contributed by atoms with van der Waals surface area (Å²) in [5.41, 5.74) is 0. The summed E-state index contributed by atoms with van der Waals surface area (Å²) in [6.07, 6.45) is 1.43. The van der Waals surface area contributed by atoms with Crippen LogP contribution in [0.2, 0.25) is 0 Å². The van der Waals surface area contributed by atoms with E-state index in [0.717, 1.165) is 47.2 Å². The number of carbonyl (C=O) groups is 1. The summed E-state index contributed by atoms with van der Waals surface area (Å²) in [6.45, 7) is 9.71. The Hall–Kier alpha value is -1.35. The molecule has 0 atom stereocenters. The fourth-order valence-corrected chi connectivity index (χ4v) is 4.25. The number of Topliss-reactive ketones (excluding diaryl/α,β-unsaturated/α-hetero) is 1. The second-order valence-electron chi connectivity index (χ2n) is 5.33. The van der Waals surface area contributed by atoms with Crippen molar-refractivity contribution in [1.82, 2.24) is 29.5 Å². The van der Waals surface area contributed by atoms with Gasteiger partial charge in [0.2, 0.25) is 0 Å². The highest BCUT2D eigenvalue weighted by Gasteiger charge is 2.11. The molecule has 0 N–H and O–H groups in total. The lowest BCUT2D eigenvalue weighted by atomic mass is 10.2. The first-order valence-corrected chi connectivity index (χ1v) is 10.1. The molecule has 0 aliphatic carbocycles. The van der Waals surface area contributed by atoms with E-state index in [9.17, 15) is 4.79 Å². The highest BCUT2D eigenvalue weighted by molar-refractivity contribution is 7.99. The minimum atomic E-state index is 0.247. The largest absolute Gasteiger partial charge is 0.307 e. The Bertz CT molecular complexity index is 682. The van der Waals surface area contributed by atoms with Gasteiger partial charge in [0.25, 0.3) is 0 Å². The lowest BCUT2D eigenvalue weighted by Gasteiger charge is -2.05. The molecule has 24 heavy (non-hydrogen) atoms. The molecule has 9 heteroatoms. The number of aryl methyl sites for hydroxylation is 2. The molecule has 0 aliphatic heterocycles. The van der Waals surface area contributed by atoms with Crippen molar-refractivity contribution in [2.75, 3.05) is 11.5 Å². The molecule has 0 aliphatic rings. The van der Waals surface area contributed by atoms with Crippen LogP contribution in [-0.2, 0) is 17.9 Å². The summed E-state index contributed by atoms with van der Waals surface area (Å²) >= 11 is 3.13. The zero-order valence-corrected chi connectivity index (χ0v) is 16.3. The minimum absolute atomic E-state index is 0.247. The standard InChI is InChI=1S/C15H24N6OS2/c1-5-20-11(3)16-18-14(20)23-9-7-8-13(22)10-24-15-19-17-12(4)21(15)6-2/h5-10H2,1-4H3. The molecule has 0 spiro atoms. The van der Waals surface area contributed by atoms with Crippen molar-refractivity contribution in [2.45, 2.75) is 63.9 Å². The zero-order valence-electron chi connectivity index (χ0n) is 14.7. The van der Waals surface area contributed by atoms with Crippen molar-refractivity contribution < 1.29 is 4.79 Å². The maximum absolute atomic E-state index is 12.0. The van der Waals surface area contributed by atoms with Crippen LogP contribution < -0.4 is 0 Å². The fourth-order valence-electron chi connectivity index (χ4n) is 2.31. The van der Waals surface area contributed by atoms with Crippen molar-refractivity contribution in [3.05, 3.63) is 11.6 Å². The third-order valence-electron chi connectivity index (χ3n) is 3.63. The van der Waals surface area contributed by atoms with Gasteiger partial charge in [0.1, 0.15) is 17.4 Å². The number of ketones is 1. The Balaban J connectivity index is 1.70. The summed E-state index contributed by atoms with van der Waals surface area (Å²) in [6, 6.07) is 0. The molecule has 2 rings (SSSR count). The van der Waals surface area contributed by atoms with Crippen molar-refractivity contribution in [2.24, 2.45) is 0 Å². The van der Waals surface area contributed by atoms with Crippen LogP contribution in [-0.4, -0.2) is 46.8 Å². The molecule has 0 unspecified atom stereocenters. The van der Waals surface area contributed by atoms with Gasteiger partial charge in [-0.25, -0.2) is 0 Å². The maximum atomic E-state index is 12.0. The van der Waals surface area contributed by atoms with E-state index in [1.165, 1.54) is 11.8 Å². The maximum Gasteiger partial charge on any atom is 0.191 e. The predicted octanol–water partition coefficient (Wildman–Crippen LogP) is 2.76. The molecule has 2 aromatic heterocycles. The Labute approximate surface area is 151 Å². The van der Waals surface area contributed by atoms with Gasteiger partial charge in [-0.15, -0.1) is 20.4 Å². The third-order valence-corrected chi connectivity index (χ3v) is 5.71. The van der Waals surface area contributed by atoms with Gasteiger partial charge in [-0.05, 0) is 34.1 Å². The predicted molar refractivity (Wildman–Crippen MR) is 96.6 cm³/mol. The molecule has 2 heterocycles. The van der Waals surface area contributed by atoms with Gasteiger partial charge in [0.05, 0.1) is 5.75 Å². The van der Waals surface area contributed by atoms with E-state index in [1.54, 1.807) is 11.8 Å². The molecule has 0 fully saturated rings. The van der Waals surface area contributed by atoms with E-state index in [2.05, 4.69) is 38.8 Å². The molecule has 0 bridgehead atoms. The van der Waals surface area contributed by atoms with Gasteiger partial charge in [0.15, 0.2) is 10.3 Å². The van der Waals surface area contributed by atoms with Crippen LogP contribution in [0.4, 0.5) is 0 Å². The first-order chi connectivity index (χ1) is 11.6. The molecule has 132 valence electrons. The van der Waals surface area contributed by atoms with Gasteiger partial charge in [-0.1, -0.05) is 23.5 Å². The van der Waals surface area contributed by atoms with Gasteiger partial charge < -0.3 is 9.13 Å².